The molecule has 0 aliphatic rings. The van der Waals surface area contributed by atoms with E-state index in [-0.39, 0.29) is 21.8 Å². The standard InChI is InChI=1S/C29H32F3NO3S/c1-6-9-20-17-22(13-14-23(20)24-10-7-8-11-25(24)29(30,31)32)33-27(34)21-12-15-26(19(2)16-21)37(35,36)18-28(3,4)5/h7-8,10-17H,6,9,18H2,1-5H3,(H,33,34). The lowest BCUT2D eigenvalue weighted by Crippen LogP contribution is -2.21. The Labute approximate surface area is 216 Å². The molecule has 3 aromatic carbocycles. The molecule has 8 heteroatoms. The number of amides is 1. The first kappa shape index (κ1) is 28.4. The van der Waals surface area contributed by atoms with Crippen molar-refractivity contribution in [2.75, 3.05) is 11.1 Å². The Hall–Kier alpha value is -3.13. The molecule has 4 nitrogen and oxygen atoms in total. The Kier molecular flexibility index (Phi) is 8.22. The van der Waals surface area contributed by atoms with Crippen LogP contribution < -0.4 is 5.32 Å². The molecule has 0 aliphatic carbocycles. The normalized spacial score (nSPS) is 12.4. The number of benzene rings is 3. The van der Waals surface area contributed by atoms with E-state index >= 15 is 0 Å². The summed E-state index contributed by atoms with van der Waals surface area (Å²) >= 11 is 0. The number of carbonyl (C=O) groups is 1. The second-order valence-electron chi connectivity index (χ2n) is 10.4. The van der Waals surface area contributed by atoms with Crippen LogP contribution in [0.1, 0.15) is 61.2 Å². The number of aryl methyl sites for hydroxylation is 2. The van der Waals surface area contributed by atoms with E-state index in [1.165, 1.54) is 30.3 Å². The topological polar surface area (TPSA) is 63.2 Å². The molecule has 0 heterocycles. The average Bonchev–Trinajstić information content (AvgIpc) is 2.77. The number of hydrogen-bond donors (Lipinski definition) is 1. The molecule has 0 radical (unpaired) electrons. The van der Waals surface area contributed by atoms with Gasteiger partial charge < -0.3 is 5.32 Å². The summed E-state index contributed by atoms with van der Waals surface area (Å²) in [5, 5.41) is 2.79. The molecule has 0 fully saturated rings. The SMILES string of the molecule is CCCc1cc(NC(=O)c2ccc(S(=O)(=O)CC(C)(C)C)c(C)c2)ccc1-c1ccccc1C(F)(F)F. The molecule has 3 rings (SSSR count). The summed E-state index contributed by atoms with van der Waals surface area (Å²) in [6.45, 7) is 9.13. The summed E-state index contributed by atoms with van der Waals surface area (Å²) in [5.74, 6) is -0.454. The van der Waals surface area contributed by atoms with Gasteiger partial charge in [-0.1, -0.05) is 58.4 Å². The fourth-order valence-electron chi connectivity index (χ4n) is 4.37. The van der Waals surface area contributed by atoms with Gasteiger partial charge in [-0.25, -0.2) is 8.42 Å². The number of sulfone groups is 1. The lowest BCUT2D eigenvalue weighted by Gasteiger charge is -2.19. The number of anilines is 1. The number of halogens is 3. The zero-order valence-electron chi connectivity index (χ0n) is 21.7. The minimum atomic E-state index is -4.49. The highest BCUT2D eigenvalue weighted by Gasteiger charge is 2.33. The van der Waals surface area contributed by atoms with Crippen LogP contribution in [0.5, 0.6) is 0 Å². The predicted molar refractivity (Wildman–Crippen MR) is 142 cm³/mol. The van der Waals surface area contributed by atoms with Gasteiger partial charge in [-0.15, -0.1) is 0 Å². The van der Waals surface area contributed by atoms with Gasteiger partial charge in [0.25, 0.3) is 5.91 Å². The van der Waals surface area contributed by atoms with E-state index < -0.39 is 32.9 Å². The molecule has 0 saturated carbocycles. The summed E-state index contributed by atoms with van der Waals surface area (Å²) < 4.78 is 66.4. The van der Waals surface area contributed by atoms with Gasteiger partial charge >= 0.3 is 6.18 Å². The van der Waals surface area contributed by atoms with Crippen molar-refractivity contribution in [1.82, 2.24) is 0 Å². The predicted octanol–water partition coefficient (Wildman–Crippen LogP) is 7.71. The van der Waals surface area contributed by atoms with Gasteiger partial charge in [0.15, 0.2) is 9.84 Å². The molecule has 0 atom stereocenters. The van der Waals surface area contributed by atoms with Crippen molar-refractivity contribution in [2.45, 2.75) is 58.5 Å². The third-order valence-electron chi connectivity index (χ3n) is 5.80. The maximum Gasteiger partial charge on any atom is 0.417 e. The average molecular weight is 532 g/mol. The second-order valence-corrected chi connectivity index (χ2v) is 12.4. The summed E-state index contributed by atoms with van der Waals surface area (Å²) in [4.78, 5) is 13.1. The van der Waals surface area contributed by atoms with Gasteiger partial charge in [0.05, 0.1) is 16.2 Å². The van der Waals surface area contributed by atoms with Gasteiger partial charge in [0.2, 0.25) is 0 Å². The number of alkyl halides is 3. The minimum Gasteiger partial charge on any atom is -0.322 e. The maximum absolute atomic E-state index is 13.6. The summed E-state index contributed by atoms with van der Waals surface area (Å²) in [6, 6.07) is 14.8. The van der Waals surface area contributed by atoms with Crippen LogP contribution in [0.2, 0.25) is 0 Å². The fraction of sp³-hybridized carbons (Fsp3) is 0.345. The van der Waals surface area contributed by atoms with Crippen LogP contribution in [0.15, 0.2) is 65.6 Å². The van der Waals surface area contributed by atoms with Crippen LogP contribution in [-0.4, -0.2) is 20.1 Å². The van der Waals surface area contributed by atoms with E-state index in [0.29, 0.717) is 35.2 Å². The highest BCUT2D eigenvalue weighted by Crippen LogP contribution is 2.39. The molecular formula is C29H32F3NO3S. The highest BCUT2D eigenvalue weighted by molar-refractivity contribution is 7.91. The molecule has 3 aromatic rings. The van der Waals surface area contributed by atoms with Crippen molar-refractivity contribution in [3.63, 3.8) is 0 Å². The van der Waals surface area contributed by atoms with Crippen molar-refractivity contribution in [1.29, 1.82) is 0 Å². The van der Waals surface area contributed by atoms with E-state index in [9.17, 15) is 26.4 Å². The maximum atomic E-state index is 13.6. The van der Waals surface area contributed by atoms with Crippen molar-refractivity contribution in [3.05, 3.63) is 82.9 Å². The molecular weight excluding hydrogens is 499 g/mol. The van der Waals surface area contributed by atoms with Gasteiger partial charge in [-0.05, 0) is 77.4 Å². The molecule has 1 N–H and O–H groups in total. The molecule has 37 heavy (non-hydrogen) atoms. The van der Waals surface area contributed by atoms with Crippen LogP contribution in [-0.2, 0) is 22.4 Å². The minimum absolute atomic E-state index is 0.0175. The third kappa shape index (κ3) is 7.01. The van der Waals surface area contributed by atoms with E-state index in [2.05, 4.69) is 5.32 Å². The van der Waals surface area contributed by atoms with Crippen molar-refractivity contribution < 1.29 is 26.4 Å². The molecule has 0 aromatic heterocycles. The van der Waals surface area contributed by atoms with E-state index in [1.807, 2.05) is 27.7 Å². The quantitative estimate of drug-likeness (QED) is 0.340. The summed E-state index contributed by atoms with van der Waals surface area (Å²) in [7, 11) is -3.52. The van der Waals surface area contributed by atoms with E-state index in [4.69, 9.17) is 0 Å². The Morgan fingerprint density at radius 3 is 2.19 bits per heavy atom. The Morgan fingerprint density at radius 2 is 1.59 bits per heavy atom. The van der Waals surface area contributed by atoms with Crippen LogP contribution in [0.25, 0.3) is 11.1 Å². The number of rotatable bonds is 7. The lowest BCUT2D eigenvalue weighted by molar-refractivity contribution is -0.137. The first-order valence-electron chi connectivity index (χ1n) is 12.1. The van der Waals surface area contributed by atoms with Gasteiger partial charge in [0.1, 0.15) is 0 Å². The lowest BCUT2D eigenvalue weighted by atomic mass is 9.92. The molecule has 1 amide bonds. The van der Waals surface area contributed by atoms with E-state index in [0.717, 1.165) is 6.07 Å². The number of nitrogens with one attached hydrogen (secondary N) is 1. The second kappa shape index (κ2) is 10.7. The van der Waals surface area contributed by atoms with Crippen LogP contribution in [0.3, 0.4) is 0 Å². The number of hydrogen-bond acceptors (Lipinski definition) is 3. The third-order valence-corrected chi connectivity index (χ3v) is 8.17. The molecule has 0 saturated heterocycles. The van der Waals surface area contributed by atoms with Crippen LogP contribution in [0.4, 0.5) is 18.9 Å². The van der Waals surface area contributed by atoms with Crippen molar-refractivity contribution >= 4 is 21.4 Å². The molecule has 0 aliphatic heterocycles. The van der Waals surface area contributed by atoms with Gasteiger partial charge in [-0.2, -0.15) is 13.2 Å². The first-order chi connectivity index (χ1) is 17.1. The first-order valence-corrected chi connectivity index (χ1v) is 13.7. The monoisotopic (exact) mass is 531 g/mol. The largest absolute Gasteiger partial charge is 0.417 e. The van der Waals surface area contributed by atoms with Crippen LogP contribution in [0, 0.1) is 12.3 Å². The molecule has 0 bridgehead atoms. The Balaban J connectivity index is 1.91. The van der Waals surface area contributed by atoms with Gasteiger partial charge in [0, 0.05) is 11.3 Å². The Bertz CT molecular complexity index is 1400. The van der Waals surface area contributed by atoms with Crippen LogP contribution >= 0.6 is 0 Å². The van der Waals surface area contributed by atoms with Crippen molar-refractivity contribution in [2.24, 2.45) is 5.41 Å². The fourth-order valence-corrected chi connectivity index (χ4v) is 6.49. The summed E-state index contributed by atoms with van der Waals surface area (Å²) in [5.41, 5.74) is 1.35. The highest BCUT2D eigenvalue weighted by atomic mass is 32.2. The van der Waals surface area contributed by atoms with Gasteiger partial charge in [-0.3, -0.25) is 4.79 Å². The Morgan fingerprint density at radius 1 is 0.919 bits per heavy atom. The molecule has 0 unspecified atom stereocenters. The molecule has 0 spiro atoms. The zero-order chi connectivity index (χ0) is 27.6. The van der Waals surface area contributed by atoms with Crippen molar-refractivity contribution in [3.8, 4) is 11.1 Å². The summed E-state index contributed by atoms with van der Waals surface area (Å²) in [6.07, 6.45) is -3.25. The molecule has 198 valence electrons. The zero-order valence-corrected chi connectivity index (χ0v) is 22.5. The smallest absolute Gasteiger partial charge is 0.322 e. The number of carbonyl (C=O) groups excluding carboxylic acids is 1. The van der Waals surface area contributed by atoms with E-state index in [1.54, 1.807) is 31.2 Å².